The molecule has 0 fully saturated rings. The molecule has 2 heterocycles. The van der Waals surface area contributed by atoms with Crippen LogP contribution in [-0.2, 0) is 18.3 Å². The number of ether oxygens (including phenoxy) is 2. The van der Waals surface area contributed by atoms with Crippen LogP contribution >= 0.6 is 0 Å². The lowest BCUT2D eigenvalue weighted by Crippen LogP contribution is -2.42. The second kappa shape index (κ2) is 10.2. The van der Waals surface area contributed by atoms with Crippen LogP contribution in [0.4, 0.5) is 5.69 Å². The van der Waals surface area contributed by atoms with Crippen LogP contribution in [-0.4, -0.2) is 53.5 Å². The first kappa shape index (κ1) is 22.5. The van der Waals surface area contributed by atoms with Crippen LogP contribution in [0, 0.1) is 0 Å². The van der Waals surface area contributed by atoms with E-state index < -0.39 is 0 Å². The number of fused-ring (bicyclic) bond motifs is 1. The molecule has 168 valence electrons. The molecular formula is C22H32N6O3. The summed E-state index contributed by atoms with van der Waals surface area (Å²) in [4.78, 5) is 16.7. The van der Waals surface area contributed by atoms with Gasteiger partial charge in [-0.25, -0.2) is 4.99 Å². The Balaban J connectivity index is 1.67. The molecule has 3 rings (SSSR count). The molecule has 9 nitrogen and oxygen atoms in total. The monoisotopic (exact) mass is 428 g/mol. The van der Waals surface area contributed by atoms with Crippen molar-refractivity contribution in [2.75, 3.05) is 31.6 Å². The molecule has 0 saturated heterocycles. The number of rotatable bonds is 6. The zero-order valence-electron chi connectivity index (χ0n) is 18.7. The molecule has 9 heteroatoms. The van der Waals surface area contributed by atoms with Crippen molar-refractivity contribution >= 4 is 17.6 Å². The van der Waals surface area contributed by atoms with Crippen molar-refractivity contribution in [3.63, 3.8) is 0 Å². The molecule has 2 aromatic rings. The highest BCUT2D eigenvalue weighted by Crippen LogP contribution is 2.32. The van der Waals surface area contributed by atoms with Gasteiger partial charge in [0.25, 0.3) is 0 Å². The minimum atomic E-state index is -0.303. The molecule has 1 aromatic carbocycles. The Labute approximate surface area is 183 Å². The Morgan fingerprint density at radius 2 is 2.00 bits per heavy atom. The van der Waals surface area contributed by atoms with E-state index in [0.29, 0.717) is 31.5 Å². The lowest BCUT2D eigenvalue weighted by atomic mass is 10.1. The van der Waals surface area contributed by atoms with Crippen molar-refractivity contribution in [1.29, 1.82) is 0 Å². The zero-order valence-corrected chi connectivity index (χ0v) is 18.7. The highest BCUT2D eigenvalue weighted by molar-refractivity contribution is 5.95. The molecule has 1 aliphatic rings. The van der Waals surface area contributed by atoms with Crippen molar-refractivity contribution in [3.05, 3.63) is 36.2 Å². The van der Waals surface area contributed by atoms with Gasteiger partial charge in [-0.05, 0) is 44.9 Å². The number of benzene rings is 1. The standard InChI is InChI=1S/C22H32N6O3/c1-22(2,3)27-20(29)14-24-21(23-9-8-16-13-25-28(4)15-16)26-17-6-7-18-19(12-17)31-11-5-10-30-18/h6-7,12-13,15H,5,8-11,14H2,1-4H3,(H,27,29)(H2,23,24,26). The highest BCUT2D eigenvalue weighted by Gasteiger charge is 2.14. The van der Waals surface area contributed by atoms with Gasteiger partial charge in [0.2, 0.25) is 5.91 Å². The van der Waals surface area contributed by atoms with Gasteiger partial charge in [-0.2, -0.15) is 5.10 Å². The predicted molar refractivity (Wildman–Crippen MR) is 121 cm³/mol. The number of hydrogen-bond acceptors (Lipinski definition) is 5. The van der Waals surface area contributed by atoms with Crippen LogP contribution in [0.15, 0.2) is 35.6 Å². The van der Waals surface area contributed by atoms with E-state index in [1.54, 1.807) is 4.68 Å². The molecule has 1 amide bonds. The van der Waals surface area contributed by atoms with Crippen molar-refractivity contribution in [3.8, 4) is 11.5 Å². The Morgan fingerprint density at radius 1 is 1.23 bits per heavy atom. The number of nitrogens with zero attached hydrogens (tertiary/aromatic N) is 3. The number of guanidine groups is 1. The Bertz CT molecular complexity index is 916. The van der Waals surface area contributed by atoms with Gasteiger partial charge in [-0.1, -0.05) is 0 Å². The maximum absolute atomic E-state index is 12.2. The molecule has 0 aliphatic carbocycles. The summed E-state index contributed by atoms with van der Waals surface area (Å²) in [6.07, 6.45) is 5.45. The first-order chi connectivity index (χ1) is 14.8. The van der Waals surface area contributed by atoms with Gasteiger partial charge in [0.1, 0.15) is 6.54 Å². The average Bonchev–Trinajstić information content (AvgIpc) is 2.96. The number of hydrogen-bond donors (Lipinski definition) is 3. The Morgan fingerprint density at radius 3 is 2.71 bits per heavy atom. The lowest BCUT2D eigenvalue weighted by Gasteiger charge is -2.20. The van der Waals surface area contributed by atoms with Gasteiger partial charge in [0.15, 0.2) is 17.5 Å². The SMILES string of the molecule is Cn1cc(CCNC(=NCC(=O)NC(C)(C)C)Nc2ccc3c(c2)OCCCO3)cn1. The second-order valence-electron chi connectivity index (χ2n) is 8.50. The largest absolute Gasteiger partial charge is 0.490 e. The molecule has 0 saturated carbocycles. The van der Waals surface area contributed by atoms with E-state index in [1.807, 2.05) is 58.4 Å². The van der Waals surface area contributed by atoms with Crippen molar-refractivity contribution in [1.82, 2.24) is 20.4 Å². The summed E-state index contributed by atoms with van der Waals surface area (Å²) in [5, 5.41) is 13.7. The van der Waals surface area contributed by atoms with Crippen molar-refractivity contribution in [2.24, 2.45) is 12.0 Å². The topological polar surface area (TPSA) is 102 Å². The van der Waals surface area contributed by atoms with E-state index in [9.17, 15) is 4.79 Å². The van der Waals surface area contributed by atoms with Crippen LogP contribution in [0.5, 0.6) is 11.5 Å². The minimum Gasteiger partial charge on any atom is -0.490 e. The van der Waals surface area contributed by atoms with E-state index in [2.05, 4.69) is 26.0 Å². The molecule has 1 aromatic heterocycles. The third-order valence-corrected chi connectivity index (χ3v) is 4.37. The normalized spacial score (nSPS) is 14.0. The molecule has 0 radical (unpaired) electrons. The summed E-state index contributed by atoms with van der Waals surface area (Å²) in [6.45, 7) is 7.75. The van der Waals surface area contributed by atoms with Gasteiger partial charge in [-0.3, -0.25) is 9.48 Å². The number of aliphatic imine (C=N–C) groups is 1. The second-order valence-corrected chi connectivity index (χ2v) is 8.50. The summed E-state index contributed by atoms with van der Waals surface area (Å²) < 4.78 is 13.2. The van der Waals surface area contributed by atoms with E-state index in [4.69, 9.17) is 9.47 Å². The lowest BCUT2D eigenvalue weighted by molar-refractivity contribution is -0.121. The fourth-order valence-corrected chi connectivity index (χ4v) is 3.05. The maximum Gasteiger partial charge on any atom is 0.242 e. The van der Waals surface area contributed by atoms with Crippen LogP contribution in [0.2, 0.25) is 0 Å². The van der Waals surface area contributed by atoms with Crippen molar-refractivity contribution in [2.45, 2.75) is 39.2 Å². The number of aryl methyl sites for hydroxylation is 1. The van der Waals surface area contributed by atoms with Crippen molar-refractivity contribution < 1.29 is 14.3 Å². The van der Waals surface area contributed by atoms with Gasteiger partial charge >= 0.3 is 0 Å². The van der Waals surface area contributed by atoms with E-state index in [1.165, 1.54) is 0 Å². The molecule has 1 aliphatic heterocycles. The number of nitrogens with one attached hydrogen (secondary N) is 3. The van der Waals surface area contributed by atoms with Crippen LogP contribution in [0.3, 0.4) is 0 Å². The maximum atomic E-state index is 12.2. The smallest absolute Gasteiger partial charge is 0.242 e. The molecular weight excluding hydrogens is 396 g/mol. The Hall–Kier alpha value is -3.23. The highest BCUT2D eigenvalue weighted by atomic mass is 16.5. The molecule has 0 unspecified atom stereocenters. The molecule has 0 bridgehead atoms. The summed E-state index contributed by atoms with van der Waals surface area (Å²) in [5.74, 6) is 1.81. The molecule has 31 heavy (non-hydrogen) atoms. The van der Waals surface area contributed by atoms with Crippen LogP contribution in [0.1, 0.15) is 32.8 Å². The first-order valence-electron chi connectivity index (χ1n) is 10.5. The quantitative estimate of drug-likeness (QED) is 0.481. The summed E-state index contributed by atoms with van der Waals surface area (Å²) in [6, 6.07) is 5.66. The third kappa shape index (κ3) is 7.51. The van der Waals surface area contributed by atoms with E-state index in [0.717, 1.165) is 29.8 Å². The predicted octanol–water partition coefficient (Wildman–Crippen LogP) is 2.10. The molecule has 3 N–H and O–H groups in total. The van der Waals surface area contributed by atoms with E-state index >= 15 is 0 Å². The minimum absolute atomic E-state index is 0.0179. The molecule has 0 spiro atoms. The van der Waals surface area contributed by atoms with Gasteiger partial charge in [0, 0.05) is 43.5 Å². The summed E-state index contributed by atoms with van der Waals surface area (Å²) in [7, 11) is 1.89. The summed E-state index contributed by atoms with van der Waals surface area (Å²) in [5.41, 5.74) is 1.62. The molecule has 0 atom stereocenters. The number of carbonyl (C=O) groups excluding carboxylic acids is 1. The van der Waals surface area contributed by atoms with Gasteiger partial charge < -0.3 is 25.4 Å². The number of aromatic nitrogens is 2. The van der Waals surface area contributed by atoms with Crippen LogP contribution < -0.4 is 25.4 Å². The number of amides is 1. The van der Waals surface area contributed by atoms with E-state index in [-0.39, 0.29) is 18.0 Å². The first-order valence-corrected chi connectivity index (χ1v) is 10.5. The fraction of sp³-hybridized carbons (Fsp3) is 0.500. The summed E-state index contributed by atoms with van der Waals surface area (Å²) >= 11 is 0. The Kier molecular flexibility index (Phi) is 7.38. The zero-order chi connectivity index (χ0) is 22.3. The number of carbonyl (C=O) groups is 1. The van der Waals surface area contributed by atoms with Gasteiger partial charge in [0.05, 0.1) is 19.4 Å². The average molecular weight is 429 g/mol. The number of anilines is 1. The fourth-order valence-electron chi connectivity index (χ4n) is 3.05. The third-order valence-electron chi connectivity index (χ3n) is 4.37. The van der Waals surface area contributed by atoms with Crippen LogP contribution in [0.25, 0.3) is 0 Å². The van der Waals surface area contributed by atoms with Gasteiger partial charge in [-0.15, -0.1) is 0 Å².